The fraction of sp³-hybridized carbons (Fsp3) is 0.312. The lowest BCUT2D eigenvalue weighted by Crippen LogP contribution is -2.25. The molecule has 1 unspecified atom stereocenters. The highest BCUT2D eigenvalue weighted by atomic mass is 19.1. The minimum Gasteiger partial charge on any atom is -0.318 e. The molecule has 3 aromatic carbocycles. The zero-order chi connectivity index (χ0) is 26.5. The van der Waals surface area contributed by atoms with Crippen molar-refractivity contribution in [2.75, 3.05) is 11.9 Å². The van der Waals surface area contributed by atoms with E-state index in [1.807, 2.05) is 37.3 Å². The van der Waals surface area contributed by atoms with E-state index < -0.39 is 11.7 Å². The fourth-order valence-corrected chi connectivity index (χ4v) is 4.77. The summed E-state index contributed by atoms with van der Waals surface area (Å²) in [4.78, 5) is 13.5. The molecule has 5 rings (SSSR count). The average Bonchev–Trinajstić information content (AvgIpc) is 3.68. The maximum absolute atomic E-state index is 15.0. The number of hydrogen-bond donors (Lipinski definition) is 2. The Bertz CT molecular complexity index is 1390. The maximum atomic E-state index is 15.0. The number of halogens is 1. The molecular weight excluding hydrogens is 475 g/mol. The predicted molar refractivity (Wildman–Crippen MR) is 150 cm³/mol. The highest BCUT2D eigenvalue weighted by molar-refractivity contribution is 6.03. The van der Waals surface area contributed by atoms with Crippen molar-refractivity contribution in [3.05, 3.63) is 113 Å². The molecule has 1 aliphatic rings. The van der Waals surface area contributed by atoms with Crippen molar-refractivity contribution in [2.45, 2.75) is 52.0 Å². The summed E-state index contributed by atoms with van der Waals surface area (Å²) in [5.41, 5.74) is 5.27. The molecule has 0 bridgehead atoms. The Hall–Kier alpha value is -3.77. The van der Waals surface area contributed by atoms with Gasteiger partial charge in [-0.3, -0.25) is 4.79 Å². The fourth-order valence-electron chi connectivity index (χ4n) is 4.77. The second-order valence-corrected chi connectivity index (χ2v) is 10.2. The number of aromatic nitrogens is 2. The quantitative estimate of drug-likeness (QED) is 0.228. The number of aryl methyl sites for hydroxylation is 2. The predicted octanol–water partition coefficient (Wildman–Crippen LogP) is 7.00. The molecule has 196 valence electrons. The molecule has 5 nitrogen and oxygen atoms in total. The minimum atomic E-state index is -0.472. The second-order valence-electron chi connectivity index (χ2n) is 10.2. The molecule has 4 aromatic rings. The van der Waals surface area contributed by atoms with E-state index in [1.165, 1.54) is 24.5 Å². The molecule has 6 heteroatoms. The van der Waals surface area contributed by atoms with Gasteiger partial charge in [-0.05, 0) is 92.1 Å². The molecule has 38 heavy (non-hydrogen) atoms. The Morgan fingerprint density at radius 3 is 2.61 bits per heavy atom. The summed E-state index contributed by atoms with van der Waals surface area (Å²) < 4.78 is 16.6. The van der Waals surface area contributed by atoms with Crippen LogP contribution in [0.1, 0.15) is 71.5 Å². The number of amides is 1. The summed E-state index contributed by atoms with van der Waals surface area (Å²) in [5, 5.41) is 11.0. The zero-order valence-electron chi connectivity index (χ0n) is 22.1. The number of carbonyl (C=O) groups excluding carboxylic acids is 1. The third-order valence-corrected chi connectivity index (χ3v) is 7.05. The number of anilines is 1. The van der Waals surface area contributed by atoms with E-state index in [-0.39, 0.29) is 11.7 Å². The van der Waals surface area contributed by atoms with Gasteiger partial charge in [-0.25, -0.2) is 9.07 Å². The molecule has 1 aromatic heterocycles. The number of hydrogen-bond acceptors (Lipinski definition) is 3. The van der Waals surface area contributed by atoms with Crippen molar-refractivity contribution in [1.29, 1.82) is 0 Å². The molecule has 1 saturated carbocycles. The first-order valence-corrected chi connectivity index (χ1v) is 13.6. The van der Waals surface area contributed by atoms with Crippen LogP contribution >= 0.6 is 0 Å². The standard InChI is InChI=1S/C32H35FN4O/c1-3-4-9-23-10-8-13-27(19-23)37-30(18-22(2)36-37)32(38)35-29-20-26(16-17-28(29)33)31(34-21-24-14-15-24)25-11-6-5-7-12-25/h5-8,10-13,16-20,24,31,34H,3-4,9,14-15,21H2,1-2H3,(H,35,38). The van der Waals surface area contributed by atoms with Gasteiger partial charge in [-0.2, -0.15) is 5.10 Å². The highest BCUT2D eigenvalue weighted by Gasteiger charge is 2.24. The van der Waals surface area contributed by atoms with Gasteiger partial charge in [0.15, 0.2) is 0 Å². The smallest absolute Gasteiger partial charge is 0.274 e. The molecule has 2 N–H and O–H groups in total. The van der Waals surface area contributed by atoms with Gasteiger partial charge in [0, 0.05) is 0 Å². The van der Waals surface area contributed by atoms with E-state index in [2.05, 4.69) is 46.9 Å². The summed E-state index contributed by atoms with van der Waals surface area (Å²) in [6, 6.07) is 24.8. The van der Waals surface area contributed by atoms with E-state index in [9.17, 15) is 9.18 Å². The topological polar surface area (TPSA) is 59.0 Å². The molecule has 1 amide bonds. The van der Waals surface area contributed by atoms with Crippen LogP contribution < -0.4 is 10.6 Å². The van der Waals surface area contributed by atoms with Crippen LogP contribution in [-0.2, 0) is 6.42 Å². The van der Waals surface area contributed by atoms with Crippen LogP contribution in [0.15, 0.2) is 78.9 Å². The molecule has 0 radical (unpaired) electrons. The lowest BCUT2D eigenvalue weighted by molar-refractivity contribution is 0.101. The van der Waals surface area contributed by atoms with Crippen LogP contribution in [0.25, 0.3) is 5.69 Å². The molecular formula is C32H35FN4O. The van der Waals surface area contributed by atoms with Crippen LogP contribution in [0.3, 0.4) is 0 Å². The average molecular weight is 511 g/mol. The van der Waals surface area contributed by atoms with Crippen LogP contribution in [0.2, 0.25) is 0 Å². The van der Waals surface area contributed by atoms with E-state index in [4.69, 9.17) is 0 Å². The summed E-state index contributed by atoms with van der Waals surface area (Å²) in [5.74, 6) is -0.173. The van der Waals surface area contributed by atoms with Gasteiger partial charge in [0.25, 0.3) is 5.91 Å². The van der Waals surface area contributed by atoms with Crippen molar-refractivity contribution in [1.82, 2.24) is 15.1 Å². The first kappa shape index (κ1) is 25.9. The normalized spacial score (nSPS) is 13.9. The summed E-state index contributed by atoms with van der Waals surface area (Å²) in [7, 11) is 0. The Balaban J connectivity index is 1.41. The zero-order valence-corrected chi connectivity index (χ0v) is 22.1. The van der Waals surface area contributed by atoms with Gasteiger partial charge in [-0.1, -0.05) is 61.9 Å². The number of unbranched alkanes of at least 4 members (excludes halogenated alkanes) is 1. The van der Waals surface area contributed by atoms with Crippen LogP contribution in [-0.4, -0.2) is 22.2 Å². The van der Waals surface area contributed by atoms with Gasteiger partial charge >= 0.3 is 0 Å². The SMILES string of the molecule is CCCCc1cccc(-n2nc(C)cc2C(=O)Nc2cc(C(NCC3CC3)c3ccccc3)ccc2F)c1. The summed E-state index contributed by atoms with van der Waals surface area (Å²) in [6.45, 7) is 4.93. The number of carbonyl (C=O) groups is 1. The highest BCUT2D eigenvalue weighted by Crippen LogP contribution is 2.31. The van der Waals surface area contributed by atoms with Crippen molar-refractivity contribution in [2.24, 2.45) is 5.92 Å². The largest absolute Gasteiger partial charge is 0.318 e. The monoisotopic (exact) mass is 510 g/mol. The molecule has 1 fully saturated rings. The third-order valence-electron chi connectivity index (χ3n) is 7.05. The third kappa shape index (κ3) is 6.20. The lowest BCUT2D eigenvalue weighted by atomic mass is 9.97. The second kappa shape index (κ2) is 11.7. The van der Waals surface area contributed by atoms with Crippen molar-refractivity contribution in [3.63, 3.8) is 0 Å². The molecule has 1 heterocycles. The van der Waals surface area contributed by atoms with Crippen LogP contribution in [0, 0.1) is 18.7 Å². The molecule has 1 aliphatic carbocycles. The van der Waals surface area contributed by atoms with Gasteiger partial charge in [-0.15, -0.1) is 0 Å². The molecule has 0 spiro atoms. The van der Waals surface area contributed by atoms with E-state index in [0.29, 0.717) is 11.6 Å². The van der Waals surface area contributed by atoms with E-state index in [1.54, 1.807) is 22.9 Å². The number of rotatable bonds is 11. The maximum Gasteiger partial charge on any atom is 0.274 e. The molecule has 1 atom stereocenters. The van der Waals surface area contributed by atoms with Gasteiger partial charge in [0.05, 0.1) is 23.1 Å². The Kier molecular flexibility index (Phi) is 7.99. The van der Waals surface area contributed by atoms with Crippen LogP contribution in [0.5, 0.6) is 0 Å². The Morgan fingerprint density at radius 2 is 1.84 bits per heavy atom. The van der Waals surface area contributed by atoms with E-state index >= 15 is 0 Å². The first-order valence-electron chi connectivity index (χ1n) is 13.6. The number of nitrogens with one attached hydrogen (secondary N) is 2. The van der Waals surface area contributed by atoms with Gasteiger partial charge in [0.2, 0.25) is 0 Å². The van der Waals surface area contributed by atoms with Crippen molar-refractivity contribution in [3.8, 4) is 5.69 Å². The van der Waals surface area contributed by atoms with Crippen molar-refractivity contribution < 1.29 is 9.18 Å². The lowest BCUT2D eigenvalue weighted by Gasteiger charge is -2.21. The molecule has 0 aliphatic heterocycles. The van der Waals surface area contributed by atoms with Gasteiger partial charge < -0.3 is 10.6 Å². The first-order chi connectivity index (χ1) is 18.5. The van der Waals surface area contributed by atoms with Crippen LogP contribution in [0.4, 0.5) is 10.1 Å². The molecule has 0 saturated heterocycles. The number of benzene rings is 3. The summed E-state index contributed by atoms with van der Waals surface area (Å²) in [6.07, 6.45) is 5.68. The number of nitrogens with zero attached hydrogens (tertiary/aromatic N) is 2. The Morgan fingerprint density at radius 1 is 1.03 bits per heavy atom. The van der Waals surface area contributed by atoms with Crippen molar-refractivity contribution >= 4 is 11.6 Å². The minimum absolute atomic E-state index is 0.0910. The Labute approximate surface area is 224 Å². The van der Waals surface area contributed by atoms with E-state index in [0.717, 1.165) is 48.3 Å². The van der Waals surface area contributed by atoms with Gasteiger partial charge in [0.1, 0.15) is 11.5 Å². The summed E-state index contributed by atoms with van der Waals surface area (Å²) >= 11 is 0.